The molecule has 4 heteroatoms. The van der Waals surface area contributed by atoms with E-state index in [0.717, 1.165) is 33.5 Å². The Morgan fingerprint density at radius 2 is 1.63 bits per heavy atom. The van der Waals surface area contributed by atoms with Crippen LogP contribution < -0.4 is 10.1 Å². The Bertz CT molecular complexity index is 1170. The fraction of sp³-hybridized carbons (Fsp3) is 0.192. The van der Waals surface area contributed by atoms with Gasteiger partial charge in [-0.2, -0.15) is 0 Å². The second-order valence-corrected chi connectivity index (χ2v) is 7.56. The van der Waals surface area contributed by atoms with Crippen molar-refractivity contribution in [2.75, 3.05) is 11.9 Å². The van der Waals surface area contributed by atoms with Gasteiger partial charge in [-0.3, -0.25) is 4.57 Å². The van der Waals surface area contributed by atoms with Gasteiger partial charge >= 0.3 is 6.03 Å². The summed E-state index contributed by atoms with van der Waals surface area (Å²) in [5.41, 5.74) is 5.11. The number of ether oxygens (including phenoxy) is 1. The van der Waals surface area contributed by atoms with Crippen LogP contribution in [0.25, 0.3) is 22.0 Å². The summed E-state index contributed by atoms with van der Waals surface area (Å²) in [7, 11) is 0. The van der Waals surface area contributed by atoms with Crippen LogP contribution in [0.3, 0.4) is 0 Å². The molecule has 0 saturated carbocycles. The first-order chi connectivity index (χ1) is 14.6. The number of aromatic nitrogens is 1. The number of anilines is 1. The lowest BCUT2D eigenvalue weighted by Gasteiger charge is -2.12. The summed E-state index contributed by atoms with van der Waals surface area (Å²) in [5.74, 6) is 1.18. The van der Waals surface area contributed by atoms with Gasteiger partial charge in [0.25, 0.3) is 0 Å². The molecule has 0 saturated heterocycles. The first-order valence-corrected chi connectivity index (χ1v) is 10.3. The van der Waals surface area contributed by atoms with Gasteiger partial charge in [0.05, 0.1) is 12.1 Å². The molecule has 1 N–H and O–H groups in total. The highest BCUT2D eigenvalue weighted by atomic mass is 16.5. The third kappa shape index (κ3) is 3.81. The van der Waals surface area contributed by atoms with Crippen LogP contribution in [0.5, 0.6) is 5.75 Å². The van der Waals surface area contributed by atoms with Gasteiger partial charge in [-0.05, 0) is 54.3 Å². The van der Waals surface area contributed by atoms with Crippen molar-refractivity contribution in [3.8, 4) is 16.9 Å². The Labute approximate surface area is 177 Å². The predicted octanol–water partition coefficient (Wildman–Crippen LogP) is 6.91. The standard InChI is InChI=1S/C26H26N2O2/c1-4-30-20-15-13-19(14-16-20)27-26(29)28-17-24(23-11-7-8-12-25(23)28)22-10-6-5-9-21(22)18(2)3/h5-18H,4H2,1-3H3,(H,27,29). The molecule has 4 rings (SSSR count). The van der Waals surface area contributed by atoms with Crippen LogP contribution in [0.2, 0.25) is 0 Å². The summed E-state index contributed by atoms with van der Waals surface area (Å²) in [4.78, 5) is 13.1. The molecular formula is C26H26N2O2. The van der Waals surface area contributed by atoms with Gasteiger partial charge in [0.2, 0.25) is 0 Å². The minimum Gasteiger partial charge on any atom is -0.494 e. The Balaban J connectivity index is 1.73. The van der Waals surface area contributed by atoms with E-state index in [4.69, 9.17) is 4.74 Å². The SMILES string of the molecule is CCOc1ccc(NC(=O)n2cc(-c3ccccc3C(C)C)c3ccccc32)cc1. The minimum absolute atomic E-state index is 0.191. The lowest BCUT2D eigenvalue weighted by molar-refractivity contribution is 0.254. The highest BCUT2D eigenvalue weighted by Crippen LogP contribution is 2.35. The van der Waals surface area contributed by atoms with E-state index < -0.39 is 0 Å². The van der Waals surface area contributed by atoms with E-state index >= 15 is 0 Å². The number of carbonyl (C=O) groups is 1. The van der Waals surface area contributed by atoms with Crippen LogP contribution in [0.4, 0.5) is 10.5 Å². The predicted molar refractivity (Wildman–Crippen MR) is 123 cm³/mol. The molecule has 3 aromatic carbocycles. The number of hydrogen-bond acceptors (Lipinski definition) is 2. The van der Waals surface area contributed by atoms with Crippen molar-refractivity contribution in [1.29, 1.82) is 0 Å². The maximum absolute atomic E-state index is 13.1. The largest absolute Gasteiger partial charge is 0.494 e. The maximum atomic E-state index is 13.1. The molecule has 0 spiro atoms. The molecular weight excluding hydrogens is 372 g/mol. The summed E-state index contributed by atoms with van der Waals surface area (Å²) in [6, 6.07) is 23.7. The third-order valence-corrected chi connectivity index (χ3v) is 5.22. The van der Waals surface area contributed by atoms with Crippen LogP contribution >= 0.6 is 0 Å². The number of fused-ring (bicyclic) bond motifs is 1. The van der Waals surface area contributed by atoms with E-state index in [0.29, 0.717) is 12.5 Å². The number of carbonyl (C=O) groups excluding carboxylic acids is 1. The molecule has 1 heterocycles. The zero-order valence-electron chi connectivity index (χ0n) is 17.6. The second kappa shape index (κ2) is 8.46. The van der Waals surface area contributed by atoms with Gasteiger partial charge in [0, 0.05) is 22.8 Å². The molecule has 4 aromatic rings. The first kappa shape index (κ1) is 19.8. The zero-order chi connectivity index (χ0) is 21.1. The van der Waals surface area contributed by atoms with Gasteiger partial charge in [-0.15, -0.1) is 0 Å². The van der Waals surface area contributed by atoms with Crippen molar-refractivity contribution in [1.82, 2.24) is 4.57 Å². The van der Waals surface area contributed by atoms with Crippen LogP contribution in [-0.2, 0) is 0 Å². The smallest absolute Gasteiger partial charge is 0.330 e. The van der Waals surface area contributed by atoms with Crippen LogP contribution in [0, 0.1) is 0 Å². The van der Waals surface area contributed by atoms with E-state index in [-0.39, 0.29) is 6.03 Å². The molecule has 30 heavy (non-hydrogen) atoms. The number of amides is 1. The molecule has 4 nitrogen and oxygen atoms in total. The topological polar surface area (TPSA) is 43.3 Å². The number of rotatable bonds is 5. The second-order valence-electron chi connectivity index (χ2n) is 7.56. The van der Waals surface area contributed by atoms with Crippen molar-refractivity contribution in [2.45, 2.75) is 26.7 Å². The van der Waals surface area contributed by atoms with Gasteiger partial charge < -0.3 is 10.1 Å². The molecule has 0 aliphatic carbocycles. The monoisotopic (exact) mass is 398 g/mol. The van der Waals surface area contributed by atoms with Gasteiger partial charge in [0.15, 0.2) is 0 Å². The molecule has 1 amide bonds. The van der Waals surface area contributed by atoms with E-state index in [1.807, 2.05) is 61.7 Å². The van der Waals surface area contributed by atoms with Crippen molar-refractivity contribution in [2.24, 2.45) is 0 Å². The molecule has 0 unspecified atom stereocenters. The van der Waals surface area contributed by atoms with Crippen molar-refractivity contribution >= 4 is 22.6 Å². The van der Waals surface area contributed by atoms with Crippen LogP contribution in [0.1, 0.15) is 32.3 Å². The quantitative estimate of drug-likeness (QED) is 0.397. The number of benzene rings is 3. The summed E-state index contributed by atoms with van der Waals surface area (Å²) in [6.07, 6.45) is 1.94. The highest BCUT2D eigenvalue weighted by Gasteiger charge is 2.17. The Morgan fingerprint density at radius 3 is 2.37 bits per heavy atom. The lowest BCUT2D eigenvalue weighted by atomic mass is 9.92. The van der Waals surface area contributed by atoms with Gasteiger partial charge in [-0.25, -0.2) is 4.79 Å². The first-order valence-electron chi connectivity index (χ1n) is 10.3. The van der Waals surface area contributed by atoms with E-state index in [1.165, 1.54) is 5.56 Å². The number of hydrogen-bond donors (Lipinski definition) is 1. The summed E-state index contributed by atoms with van der Waals surface area (Å²) in [6.45, 7) is 6.94. The number of nitrogens with zero attached hydrogens (tertiary/aromatic N) is 1. The van der Waals surface area contributed by atoms with E-state index in [2.05, 4.69) is 43.4 Å². The average molecular weight is 399 g/mol. The Kier molecular flexibility index (Phi) is 5.57. The summed E-state index contributed by atoms with van der Waals surface area (Å²) in [5, 5.41) is 4.05. The fourth-order valence-corrected chi connectivity index (χ4v) is 3.79. The Morgan fingerprint density at radius 1 is 0.933 bits per heavy atom. The maximum Gasteiger partial charge on any atom is 0.330 e. The lowest BCUT2D eigenvalue weighted by Crippen LogP contribution is -2.18. The number of nitrogens with one attached hydrogen (secondary N) is 1. The molecule has 0 radical (unpaired) electrons. The van der Waals surface area contributed by atoms with Crippen molar-refractivity contribution in [3.05, 3.63) is 84.6 Å². The fourth-order valence-electron chi connectivity index (χ4n) is 3.79. The van der Waals surface area contributed by atoms with Crippen LogP contribution in [-0.4, -0.2) is 17.2 Å². The molecule has 0 aliphatic rings. The average Bonchev–Trinajstić information content (AvgIpc) is 3.15. The molecule has 1 aromatic heterocycles. The molecule has 0 aliphatic heterocycles. The highest BCUT2D eigenvalue weighted by molar-refractivity contribution is 6.05. The van der Waals surface area contributed by atoms with Crippen LogP contribution in [0.15, 0.2) is 79.0 Å². The molecule has 0 fully saturated rings. The minimum atomic E-state index is -0.191. The van der Waals surface area contributed by atoms with E-state index in [1.54, 1.807) is 4.57 Å². The normalized spacial score (nSPS) is 11.1. The molecule has 0 atom stereocenters. The zero-order valence-corrected chi connectivity index (χ0v) is 17.6. The summed E-state index contributed by atoms with van der Waals surface area (Å²) < 4.78 is 7.17. The number of para-hydroxylation sites is 1. The summed E-state index contributed by atoms with van der Waals surface area (Å²) >= 11 is 0. The van der Waals surface area contributed by atoms with Gasteiger partial charge in [-0.1, -0.05) is 56.3 Å². The molecule has 0 bridgehead atoms. The van der Waals surface area contributed by atoms with E-state index in [9.17, 15) is 4.79 Å². The van der Waals surface area contributed by atoms with Crippen molar-refractivity contribution in [3.63, 3.8) is 0 Å². The van der Waals surface area contributed by atoms with Gasteiger partial charge in [0.1, 0.15) is 5.75 Å². The molecule has 152 valence electrons. The Hall–Kier alpha value is -3.53. The van der Waals surface area contributed by atoms with Crippen molar-refractivity contribution < 1.29 is 9.53 Å². The third-order valence-electron chi connectivity index (χ3n) is 5.22.